The van der Waals surface area contributed by atoms with E-state index in [-0.39, 0.29) is 6.42 Å². The van der Waals surface area contributed by atoms with Gasteiger partial charge in [-0.3, -0.25) is 0 Å². The molecule has 0 aromatic rings. The molecule has 0 bridgehead atoms. The second kappa shape index (κ2) is 11.4. The Kier molecular flexibility index (Phi) is 8.96. The lowest BCUT2D eigenvalue weighted by Gasteiger charge is -2.51. The van der Waals surface area contributed by atoms with Gasteiger partial charge in [0.2, 0.25) is 0 Å². The highest BCUT2D eigenvalue weighted by Crippen LogP contribution is 2.35. The number of nitrogens with one attached hydrogen (secondary N) is 1. The summed E-state index contributed by atoms with van der Waals surface area (Å²) in [6.07, 6.45) is -11.3. The number of aliphatic hydroxyl groups is 5. The number of aliphatic hydroxyl groups excluding tert-OH is 5. The standard InChI is InChI=1S/C21H38FN3O10/c1-25-13-16(29)18-10(5-7(23)19(34-18)31-9-4-2-3-8(26)14(9)27)32-20(13)35-21-17(30)15(28)12(24)11(6-22)33-21/h7-21,25-30H,2-6,23-24H2,1H3/t7-,8+,9+,10-,11?,12+,13?,14?,15?,16?,17?,18?,19-,20?,21+/m0/s1. The molecule has 0 aromatic carbocycles. The maximum Gasteiger partial charge on any atom is 0.189 e. The third kappa shape index (κ3) is 5.50. The summed E-state index contributed by atoms with van der Waals surface area (Å²) in [6.45, 7) is -0.990. The fraction of sp³-hybridized carbons (Fsp3) is 1.00. The van der Waals surface area contributed by atoms with E-state index < -0.39 is 98.6 Å². The van der Waals surface area contributed by atoms with Gasteiger partial charge in [0.05, 0.1) is 36.4 Å². The molecule has 4 rings (SSSR count). The SMILES string of the molecule is CNC1C(O[C@H]2OC(CF)[C@@H](N)C(O)C2O)O[C@H]2C[C@H](N)[C@@H](O[C@@H]3CCC[C@@H](O)C3O)OC2C1O. The maximum atomic E-state index is 13.3. The lowest BCUT2D eigenvalue weighted by molar-refractivity contribution is -0.372. The van der Waals surface area contributed by atoms with E-state index in [1.54, 1.807) is 7.05 Å². The maximum absolute atomic E-state index is 13.3. The van der Waals surface area contributed by atoms with Crippen molar-refractivity contribution in [1.29, 1.82) is 0 Å². The van der Waals surface area contributed by atoms with E-state index in [1.165, 1.54) is 0 Å². The van der Waals surface area contributed by atoms with Crippen LogP contribution in [0.25, 0.3) is 0 Å². The van der Waals surface area contributed by atoms with Crippen molar-refractivity contribution in [3.8, 4) is 0 Å². The lowest BCUT2D eigenvalue weighted by atomic mass is 9.89. The van der Waals surface area contributed by atoms with Crippen LogP contribution in [0.15, 0.2) is 0 Å². The molecule has 4 fully saturated rings. The Morgan fingerprint density at radius 1 is 0.886 bits per heavy atom. The van der Waals surface area contributed by atoms with Gasteiger partial charge in [-0.2, -0.15) is 0 Å². The number of rotatable bonds is 6. The van der Waals surface area contributed by atoms with Gasteiger partial charge < -0.3 is 66.0 Å². The first-order chi connectivity index (χ1) is 16.7. The van der Waals surface area contributed by atoms with Crippen molar-refractivity contribution < 1.29 is 53.6 Å². The van der Waals surface area contributed by atoms with Crippen molar-refractivity contribution in [3.63, 3.8) is 0 Å². The zero-order valence-electron chi connectivity index (χ0n) is 19.5. The molecule has 0 amide bonds. The number of fused-ring (bicyclic) bond motifs is 1. The number of halogens is 1. The predicted molar refractivity (Wildman–Crippen MR) is 115 cm³/mol. The molecule has 10 N–H and O–H groups in total. The fourth-order valence-electron chi connectivity index (χ4n) is 5.24. The minimum Gasteiger partial charge on any atom is -0.390 e. The van der Waals surface area contributed by atoms with Gasteiger partial charge in [-0.05, 0) is 32.7 Å². The molecule has 13 nitrogen and oxygen atoms in total. The van der Waals surface area contributed by atoms with Gasteiger partial charge in [-0.1, -0.05) is 0 Å². The summed E-state index contributed by atoms with van der Waals surface area (Å²) in [5.74, 6) is 0. The van der Waals surface area contributed by atoms with Crippen molar-refractivity contribution in [2.24, 2.45) is 11.5 Å². The molecule has 0 aromatic heterocycles. The van der Waals surface area contributed by atoms with Crippen molar-refractivity contribution in [2.45, 2.75) is 118 Å². The third-order valence-electron chi connectivity index (χ3n) is 7.41. The topological polar surface area (TPSA) is 211 Å². The summed E-state index contributed by atoms with van der Waals surface area (Å²) >= 11 is 0. The summed E-state index contributed by atoms with van der Waals surface area (Å²) < 4.78 is 42.3. The minimum atomic E-state index is -1.57. The Morgan fingerprint density at radius 2 is 1.63 bits per heavy atom. The quantitative estimate of drug-likeness (QED) is 0.172. The van der Waals surface area contributed by atoms with Gasteiger partial charge in [-0.15, -0.1) is 0 Å². The summed E-state index contributed by atoms with van der Waals surface area (Å²) in [7, 11) is 1.56. The molecule has 0 radical (unpaired) electrons. The Balaban J connectivity index is 1.42. The van der Waals surface area contributed by atoms with Crippen LogP contribution in [-0.4, -0.2) is 131 Å². The number of hydrogen-bond acceptors (Lipinski definition) is 13. The lowest BCUT2D eigenvalue weighted by Crippen LogP contribution is -2.69. The number of hydrogen-bond donors (Lipinski definition) is 8. The molecule has 14 heteroatoms. The molecule has 15 atom stereocenters. The summed E-state index contributed by atoms with van der Waals surface area (Å²) in [5, 5.41) is 54.6. The molecule has 3 aliphatic heterocycles. The van der Waals surface area contributed by atoms with Crippen LogP contribution in [0.2, 0.25) is 0 Å². The Labute approximate surface area is 202 Å². The van der Waals surface area contributed by atoms with E-state index in [2.05, 4.69) is 5.32 Å². The molecule has 204 valence electrons. The van der Waals surface area contributed by atoms with Crippen LogP contribution in [0, 0.1) is 0 Å². The smallest absolute Gasteiger partial charge is 0.189 e. The molecule has 0 spiro atoms. The van der Waals surface area contributed by atoms with E-state index in [0.717, 1.165) is 0 Å². The van der Waals surface area contributed by atoms with E-state index in [1.807, 2.05) is 0 Å². The normalized spacial score (nSPS) is 53.2. The second-order valence-corrected chi connectivity index (χ2v) is 9.77. The number of likely N-dealkylation sites (N-methyl/N-ethyl adjacent to an activating group) is 1. The van der Waals surface area contributed by atoms with Crippen LogP contribution >= 0.6 is 0 Å². The monoisotopic (exact) mass is 511 g/mol. The first-order valence-electron chi connectivity index (χ1n) is 12.1. The van der Waals surface area contributed by atoms with E-state index in [9.17, 15) is 29.9 Å². The van der Waals surface area contributed by atoms with Gasteiger partial charge in [0.15, 0.2) is 18.9 Å². The summed E-state index contributed by atoms with van der Waals surface area (Å²) in [5.41, 5.74) is 12.0. The first kappa shape index (κ1) is 27.4. The van der Waals surface area contributed by atoms with E-state index in [4.69, 9.17) is 35.2 Å². The van der Waals surface area contributed by atoms with Crippen LogP contribution in [0.4, 0.5) is 4.39 Å². The molecule has 1 aliphatic carbocycles. The number of nitrogens with two attached hydrogens (primary N) is 2. The molecular weight excluding hydrogens is 473 g/mol. The van der Waals surface area contributed by atoms with Crippen LogP contribution in [-0.2, 0) is 23.7 Å². The van der Waals surface area contributed by atoms with Crippen LogP contribution < -0.4 is 16.8 Å². The van der Waals surface area contributed by atoms with Crippen LogP contribution in [0.5, 0.6) is 0 Å². The van der Waals surface area contributed by atoms with Gasteiger partial charge in [0, 0.05) is 0 Å². The van der Waals surface area contributed by atoms with E-state index >= 15 is 0 Å². The highest BCUT2D eigenvalue weighted by atomic mass is 19.1. The molecule has 1 saturated carbocycles. The van der Waals surface area contributed by atoms with E-state index in [0.29, 0.717) is 19.3 Å². The molecule has 4 aliphatic rings. The molecule has 8 unspecified atom stereocenters. The summed E-state index contributed by atoms with van der Waals surface area (Å²) in [6, 6.07) is -2.67. The van der Waals surface area contributed by atoms with Crippen LogP contribution in [0.3, 0.4) is 0 Å². The van der Waals surface area contributed by atoms with Crippen molar-refractivity contribution in [3.05, 3.63) is 0 Å². The molecule has 3 heterocycles. The molecule has 3 saturated heterocycles. The number of ether oxygens (including phenoxy) is 5. The highest BCUT2D eigenvalue weighted by molar-refractivity contribution is 5.00. The summed E-state index contributed by atoms with van der Waals surface area (Å²) in [4.78, 5) is 0. The predicted octanol–water partition coefficient (Wildman–Crippen LogP) is -3.85. The van der Waals surface area contributed by atoms with Crippen molar-refractivity contribution >= 4 is 0 Å². The zero-order chi connectivity index (χ0) is 25.4. The second-order valence-electron chi connectivity index (χ2n) is 9.77. The zero-order valence-corrected chi connectivity index (χ0v) is 19.5. The van der Waals surface area contributed by atoms with Gasteiger partial charge in [0.1, 0.15) is 43.3 Å². The van der Waals surface area contributed by atoms with Crippen LogP contribution in [0.1, 0.15) is 25.7 Å². The first-order valence-corrected chi connectivity index (χ1v) is 12.1. The molecular formula is C21H38FN3O10. The Morgan fingerprint density at radius 3 is 2.31 bits per heavy atom. The Hall–Kier alpha value is -0.590. The van der Waals surface area contributed by atoms with Gasteiger partial charge >= 0.3 is 0 Å². The fourth-order valence-corrected chi connectivity index (χ4v) is 5.24. The highest BCUT2D eigenvalue weighted by Gasteiger charge is 2.53. The average Bonchev–Trinajstić information content (AvgIpc) is 2.83. The number of alkyl halides is 1. The van der Waals surface area contributed by atoms with Crippen molar-refractivity contribution in [2.75, 3.05) is 13.7 Å². The largest absolute Gasteiger partial charge is 0.390 e. The van der Waals surface area contributed by atoms with Gasteiger partial charge in [0.25, 0.3) is 0 Å². The molecule has 35 heavy (non-hydrogen) atoms. The van der Waals surface area contributed by atoms with Gasteiger partial charge in [-0.25, -0.2) is 4.39 Å². The minimum absolute atomic E-state index is 0.211. The Bertz CT molecular complexity index is 696. The average molecular weight is 512 g/mol. The third-order valence-corrected chi connectivity index (χ3v) is 7.41. The van der Waals surface area contributed by atoms with Crippen molar-refractivity contribution in [1.82, 2.24) is 5.32 Å².